The van der Waals surface area contributed by atoms with Crippen LogP contribution in [0.3, 0.4) is 0 Å². The van der Waals surface area contributed by atoms with Gasteiger partial charge in [0.1, 0.15) is 6.61 Å². The van der Waals surface area contributed by atoms with Crippen molar-refractivity contribution < 1.29 is 14.3 Å². The minimum atomic E-state index is -0.568. The van der Waals surface area contributed by atoms with Crippen molar-refractivity contribution in [3.63, 3.8) is 0 Å². The van der Waals surface area contributed by atoms with Gasteiger partial charge < -0.3 is 4.74 Å². The molecule has 0 unspecified atom stereocenters. The van der Waals surface area contributed by atoms with Gasteiger partial charge >= 0.3 is 6.09 Å². The fourth-order valence-corrected chi connectivity index (χ4v) is 3.86. The van der Waals surface area contributed by atoms with E-state index in [2.05, 4.69) is 6.07 Å². The first-order valence-electron chi connectivity index (χ1n) is 8.61. The lowest BCUT2D eigenvalue weighted by atomic mass is 9.87. The molecule has 24 heavy (non-hydrogen) atoms. The lowest BCUT2D eigenvalue weighted by Crippen LogP contribution is -2.45. The van der Waals surface area contributed by atoms with Gasteiger partial charge in [0.15, 0.2) is 0 Å². The summed E-state index contributed by atoms with van der Waals surface area (Å²) in [6.45, 7) is 0.226. The number of benzene rings is 1. The second kappa shape index (κ2) is 7.48. The fraction of sp³-hybridized carbons (Fsp3) is 0.526. The summed E-state index contributed by atoms with van der Waals surface area (Å²) in [5, 5.41) is 9.12. The Kier molecular flexibility index (Phi) is 5.14. The summed E-state index contributed by atoms with van der Waals surface area (Å²) < 4.78 is 5.15. The highest BCUT2D eigenvalue weighted by molar-refractivity contribution is 5.95. The minimum absolute atomic E-state index is 0.172. The number of carbonyl (C=O) groups excluding carboxylic acids is 2. The van der Waals surface area contributed by atoms with E-state index in [1.807, 2.05) is 30.3 Å². The Morgan fingerprint density at radius 2 is 2.00 bits per heavy atom. The molecule has 0 bridgehead atoms. The van der Waals surface area contributed by atoms with Crippen molar-refractivity contribution in [2.75, 3.05) is 6.61 Å². The molecule has 0 spiro atoms. The first-order valence-corrected chi connectivity index (χ1v) is 8.61. The van der Waals surface area contributed by atoms with Crippen LogP contribution in [-0.4, -0.2) is 29.5 Å². The zero-order chi connectivity index (χ0) is 16.9. The third kappa shape index (κ3) is 3.43. The molecule has 2 aliphatic rings. The summed E-state index contributed by atoms with van der Waals surface area (Å²) >= 11 is 0. The smallest absolute Gasteiger partial charge is 0.416 e. The average molecular weight is 326 g/mol. The summed E-state index contributed by atoms with van der Waals surface area (Å²) in [5.74, 6) is -0.406. The Balaban J connectivity index is 1.76. The highest BCUT2D eigenvalue weighted by Gasteiger charge is 2.43. The molecule has 5 nitrogen and oxygen atoms in total. The lowest BCUT2D eigenvalue weighted by molar-refractivity contribution is -0.135. The molecule has 5 heteroatoms. The van der Waals surface area contributed by atoms with E-state index in [0.717, 1.165) is 31.2 Å². The van der Waals surface area contributed by atoms with Gasteiger partial charge in [0, 0.05) is 6.42 Å². The van der Waals surface area contributed by atoms with Crippen molar-refractivity contribution in [3.05, 3.63) is 35.9 Å². The molecule has 1 aromatic rings. The number of hydrogen-bond donors (Lipinski definition) is 0. The first kappa shape index (κ1) is 16.5. The summed E-state index contributed by atoms with van der Waals surface area (Å²) in [5.41, 5.74) is 1.07. The van der Waals surface area contributed by atoms with Crippen molar-refractivity contribution >= 4 is 12.0 Å². The van der Waals surface area contributed by atoms with Crippen LogP contribution < -0.4 is 0 Å². The molecular weight excluding hydrogens is 304 g/mol. The summed E-state index contributed by atoms with van der Waals surface area (Å²) in [6, 6.07) is 11.6. The zero-order valence-electron chi connectivity index (χ0n) is 13.7. The minimum Gasteiger partial charge on any atom is -0.447 e. The fourth-order valence-electron chi connectivity index (χ4n) is 3.86. The predicted molar refractivity (Wildman–Crippen MR) is 87.8 cm³/mol. The number of hydrogen-bond acceptors (Lipinski definition) is 4. The van der Waals surface area contributed by atoms with E-state index in [9.17, 15) is 9.59 Å². The van der Waals surface area contributed by atoms with Gasteiger partial charge in [-0.25, -0.2) is 9.69 Å². The third-order valence-corrected chi connectivity index (χ3v) is 5.11. The van der Waals surface area contributed by atoms with E-state index < -0.39 is 6.09 Å². The van der Waals surface area contributed by atoms with Crippen LogP contribution in [0.15, 0.2) is 30.3 Å². The summed E-state index contributed by atoms with van der Waals surface area (Å²) in [4.78, 5) is 26.4. The molecule has 2 atom stereocenters. The van der Waals surface area contributed by atoms with E-state index in [1.165, 1.54) is 4.90 Å². The molecule has 1 aliphatic carbocycles. The maximum atomic E-state index is 13.0. The first-order chi connectivity index (χ1) is 11.7. The van der Waals surface area contributed by atoms with Crippen LogP contribution >= 0.6 is 0 Å². The van der Waals surface area contributed by atoms with Gasteiger partial charge in [0.2, 0.25) is 5.91 Å². The average Bonchev–Trinajstić information content (AvgIpc) is 3.23. The number of carbonyl (C=O) groups is 2. The van der Waals surface area contributed by atoms with Crippen molar-refractivity contribution in [1.82, 2.24) is 4.90 Å². The molecule has 0 radical (unpaired) electrons. The molecule has 2 amide bonds. The van der Waals surface area contributed by atoms with Crippen LogP contribution in [0.1, 0.15) is 37.7 Å². The largest absolute Gasteiger partial charge is 0.447 e. The van der Waals surface area contributed by atoms with Gasteiger partial charge in [-0.05, 0) is 30.7 Å². The van der Waals surface area contributed by atoms with Gasteiger partial charge in [0.25, 0.3) is 0 Å². The second-order valence-corrected chi connectivity index (χ2v) is 6.64. The van der Waals surface area contributed by atoms with E-state index in [4.69, 9.17) is 10.00 Å². The van der Waals surface area contributed by atoms with Gasteiger partial charge in [0.05, 0.1) is 18.0 Å². The van der Waals surface area contributed by atoms with Crippen LogP contribution in [0.5, 0.6) is 0 Å². The molecule has 1 aromatic carbocycles. The van der Waals surface area contributed by atoms with E-state index in [-0.39, 0.29) is 36.8 Å². The highest BCUT2D eigenvalue weighted by atomic mass is 16.6. The summed E-state index contributed by atoms with van der Waals surface area (Å²) in [7, 11) is 0. The number of nitrogens with zero attached hydrogens (tertiary/aromatic N) is 2. The molecule has 1 saturated heterocycles. The molecule has 2 fully saturated rings. The number of imide groups is 1. The Hall–Kier alpha value is -2.35. The Morgan fingerprint density at radius 3 is 2.67 bits per heavy atom. The number of ether oxygens (including phenoxy) is 1. The standard InChI is InChI=1S/C19H22N2O3/c20-11-10-17(15-8-4-5-9-15)18(22)21-16(13-24-19(21)23)12-14-6-2-1-3-7-14/h1-3,6-7,15-17H,4-5,8-10,12-13H2/t16-,17-/m1/s1. The maximum Gasteiger partial charge on any atom is 0.416 e. The van der Waals surface area contributed by atoms with Crippen LogP contribution in [0.4, 0.5) is 4.79 Å². The van der Waals surface area contributed by atoms with Gasteiger partial charge in [-0.1, -0.05) is 43.2 Å². The van der Waals surface area contributed by atoms with Crippen LogP contribution in [-0.2, 0) is 16.0 Å². The zero-order valence-corrected chi connectivity index (χ0v) is 13.7. The molecular formula is C19H22N2O3. The third-order valence-electron chi connectivity index (χ3n) is 5.11. The Bertz CT molecular complexity index is 632. The van der Waals surface area contributed by atoms with Crippen LogP contribution in [0.25, 0.3) is 0 Å². The normalized spacial score (nSPS) is 22.2. The Labute approximate surface area is 142 Å². The van der Waals surface area contributed by atoms with E-state index >= 15 is 0 Å². The number of amides is 2. The molecule has 1 heterocycles. The molecule has 0 aromatic heterocycles. The number of nitriles is 1. The molecule has 1 aliphatic heterocycles. The monoisotopic (exact) mass is 326 g/mol. The van der Waals surface area contributed by atoms with Crippen molar-refractivity contribution in [1.29, 1.82) is 5.26 Å². The van der Waals surface area contributed by atoms with Crippen molar-refractivity contribution in [2.24, 2.45) is 11.8 Å². The molecule has 126 valence electrons. The van der Waals surface area contributed by atoms with Gasteiger partial charge in [-0.15, -0.1) is 0 Å². The number of cyclic esters (lactones) is 1. The second-order valence-electron chi connectivity index (χ2n) is 6.64. The highest BCUT2D eigenvalue weighted by Crippen LogP contribution is 2.35. The quantitative estimate of drug-likeness (QED) is 0.832. The SMILES string of the molecule is N#CC[C@@H](C(=O)N1C(=O)OC[C@H]1Cc1ccccc1)C1CCCC1. The van der Waals surface area contributed by atoms with Crippen LogP contribution in [0.2, 0.25) is 0 Å². The van der Waals surface area contributed by atoms with Crippen molar-refractivity contribution in [3.8, 4) is 6.07 Å². The predicted octanol–water partition coefficient (Wildman–Crippen LogP) is 3.30. The molecule has 3 rings (SSSR count). The maximum absolute atomic E-state index is 13.0. The Morgan fingerprint density at radius 1 is 1.29 bits per heavy atom. The van der Waals surface area contributed by atoms with E-state index in [1.54, 1.807) is 0 Å². The van der Waals surface area contributed by atoms with Crippen molar-refractivity contribution in [2.45, 2.75) is 44.6 Å². The molecule has 1 saturated carbocycles. The molecule has 0 N–H and O–H groups in total. The topological polar surface area (TPSA) is 70.4 Å². The van der Waals surface area contributed by atoms with Gasteiger partial charge in [-0.2, -0.15) is 5.26 Å². The number of rotatable bonds is 5. The van der Waals surface area contributed by atoms with Gasteiger partial charge in [-0.3, -0.25) is 4.79 Å². The van der Waals surface area contributed by atoms with E-state index in [0.29, 0.717) is 6.42 Å². The van der Waals surface area contributed by atoms with Crippen LogP contribution in [0, 0.1) is 23.2 Å². The lowest BCUT2D eigenvalue weighted by Gasteiger charge is -2.27. The summed E-state index contributed by atoms with van der Waals surface area (Å²) in [6.07, 6.45) is 4.31.